The number of nitrogens with zero attached hydrogens (tertiary/aromatic N) is 1. The highest BCUT2D eigenvalue weighted by Crippen LogP contribution is 2.30. The van der Waals surface area contributed by atoms with Gasteiger partial charge >= 0.3 is 5.88 Å². The number of hydrogen-bond donors (Lipinski definition) is 2. The van der Waals surface area contributed by atoms with Crippen LogP contribution in [0.25, 0.3) is 0 Å². The first-order chi connectivity index (χ1) is 12.8. The predicted octanol–water partition coefficient (Wildman–Crippen LogP) is 2.71. The Hall–Kier alpha value is -2.67. The van der Waals surface area contributed by atoms with E-state index < -0.39 is 5.91 Å². The molecule has 0 aliphatic rings. The molecule has 27 heavy (non-hydrogen) atoms. The molecule has 2 aromatic rings. The lowest BCUT2D eigenvalue weighted by Crippen LogP contribution is -2.18. The number of hydrogen-bond acceptors (Lipinski definition) is 5. The van der Waals surface area contributed by atoms with Crippen molar-refractivity contribution in [3.05, 3.63) is 41.9 Å². The number of carbonyl (C=O) groups excluding carboxylic acids is 1. The molecule has 2 rings (SSSR count). The van der Waals surface area contributed by atoms with Gasteiger partial charge in [0.05, 0.1) is 7.11 Å². The number of rotatable bonds is 9. The molecule has 1 aromatic carbocycles. The van der Waals surface area contributed by atoms with Crippen LogP contribution in [-0.2, 0) is 6.54 Å². The van der Waals surface area contributed by atoms with Gasteiger partial charge < -0.3 is 20.5 Å². The van der Waals surface area contributed by atoms with Crippen LogP contribution in [-0.4, -0.2) is 24.5 Å². The molecule has 7 nitrogen and oxygen atoms in total. The summed E-state index contributed by atoms with van der Waals surface area (Å²) in [4.78, 5) is 17.8. The maximum atomic E-state index is 11.1. The van der Waals surface area contributed by atoms with Crippen LogP contribution in [0.3, 0.4) is 0 Å². The van der Waals surface area contributed by atoms with Crippen molar-refractivity contribution >= 4 is 5.91 Å². The number of methoxy groups -OCH3 is 1. The first-order valence-corrected chi connectivity index (χ1v) is 9.01. The smallest absolute Gasteiger partial charge is 0.390 e. The van der Waals surface area contributed by atoms with Gasteiger partial charge in [-0.1, -0.05) is 26.8 Å². The summed E-state index contributed by atoms with van der Waals surface area (Å²) in [5.41, 5.74) is 6.79. The Labute approximate surface area is 160 Å². The molecule has 146 valence electrons. The van der Waals surface area contributed by atoms with Gasteiger partial charge in [0.2, 0.25) is 6.20 Å². The maximum absolute atomic E-state index is 11.1. The SMILES string of the molecule is COc1cc(CNCCCC(C)(C)C)ccc1Oc1cnc(C(N)=O)c[nH+]1. The van der Waals surface area contributed by atoms with E-state index in [2.05, 4.69) is 36.1 Å². The van der Waals surface area contributed by atoms with Crippen molar-refractivity contribution in [2.75, 3.05) is 13.7 Å². The second-order valence-electron chi connectivity index (χ2n) is 7.59. The zero-order chi connectivity index (χ0) is 19.9. The molecule has 1 aromatic heterocycles. The van der Waals surface area contributed by atoms with Crippen molar-refractivity contribution in [2.24, 2.45) is 11.1 Å². The van der Waals surface area contributed by atoms with Gasteiger partial charge in [-0.25, -0.2) is 4.98 Å². The number of aromatic nitrogens is 2. The number of nitrogens with one attached hydrogen (secondary N) is 2. The highest BCUT2D eigenvalue weighted by atomic mass is 16.5. The second kappa shape index (κ2) is 9.32. The molecule has 7 heteroatoms. The number of primary amides is 1. The predicted molar refractivity (Wildman–Crippen MR) is 103 cm³/mol. The van der Waals surface area contributed by atoms with Crippen LogP contribution in [0.5, 0.6) is 17.4 Å². The van der Waals surface area contributed by atoms with E-state index in [-0.39, 0.29) is 5.69 Å². The topological polar surface area (TPSA) is 101 Å². The van der Waals surface area contributed by atoms with E-state index in [0.29, 0.717) is 22.8 Å². The Morgan fingerprint density at radius 3 is 2.67 bits per heavy atom. The number of amides is 1. The summed E-state index contributed by atoms with van der Waals surface area (Å²) < 4.78 is 11.2. The third-order valence-electron chi connectivity index (χ3n) is 3.98. The van der Waals surface area contributed by atoms with E-state index in [1.165, 1.54) is 18.8 Å². The summed E-state index contributed by atoms with van der Waals surface area (Å²) in [6.45, 7) is 8.51. The lowest BCUT2D eigenvalue weighted by Gasteiger charge is -2.17. The molecule has 0 aliphatic heterocycles. The molecule has 0 saturated heterocycles. The van der Waals surface area contributed by atoms with E-state index in [1.54, 1.807) is 7.11 Å². The largest absolute Gasteiger partial charge is 0.493 e. The van der Waals surface area contributed by atoms with E-state index in [1.807, 2.05) is 18.2 Å². The van der Waals surface area contributed by atoms with Crippen LogP contribution in [0.1, 0.15) is 49.7 Å². The number of H-pyrrole nitrogens is 1. The quantitative estimate of drug-likeness (QED) is 0.658. The first-order valence-electron chi connectivity index (χ1n) is 9.01. The molecule has 0 unspecified atom stereocenters. The van der Waals surface area contributed by atoms with Gasteiger partial charge in [0.25, 0.3) is 5.91 Å². The molecule has 0 atom stereocenters. The summed E-state index contributed by atoms with van der Waals surface area (Å²) >= 11 is 0. The van der Waals surface area contributed by atoms with Crippen molar-refractivity contribution in [2.45, 2.75) is 40.2 Å². The Kier molecular flexibility index (Phi) is 7.12. The van der Waals surface area contributed by atoms with Crippen molar-refractivity contribution < 1.29 is 19.3 Å². The van der Waals surface area contributed by atoms with Gasteiger partial charge in [0, 0.05) is 6.54 Å². The van der Waals surface area contributed by atoms with Crippen molar-refractivity contribution in [3.63, 3.8) is 0 Å². The minimum atomic E-state index is -0.602. The summed E-state index contributed by atoms with van der Waals surface area (Å²) in [5.74, 6) is 0.955. The minimum Gasteiger partial charge on any atom is -0.493 e. The van der Waals surface area contributed by atoms with Crippen LogP contribution in [0.4, 0.5) is 0 Å². The van der Waals surface area contributed by atoms with Crippen molar-refractivity contribution in [1.29, 1.82) is 0 Å². The van der Waals surface area contributed by atoms with Crippen LogP contribution >= 0.6 is 0 Å². The normalized spacial score (nSPS) is 11.3. The van der Waals surface area contributed by atoms with E-state index >= 15 is 0 Å². The Morgan fingerprint density at radius 2 is 2.07 bits per heavy atom. The summed E-state index contributed by atoms with van der Waals surface area (Å²) in [5, 5.41) is 3.46. The van der Waals surface area contributed by atoms with Crippen molar-refractivity contribution in [1.82, 2.24) is 10.3 Å². The molecule has 0 radical (unpaired) electrons. The molecule has 0 aliphatic carbocycles. The average molecular weight is 373 g/mol. The van der Waals surface area contributed by atoms with Gasteiger partial charge in [-0.2, -0.15) is 4.98 Å². The summed E-state index contributed by atoms with van der Waals surface area (Å²) in [6, 6.07) is 5.78. The fraction of sp³-hybridized carbons (Fsp3) is 0.450. The fourth-order valence-corrected chi connectivity index (χ4v) is 2.53. The van der Waals surface area contributed by atoms with Gasteiger partial charge in [0.15, 0.2) is 17.2 Å². The van der Waals surface area contributed by atoms with Crippen LogP contribution in [0.2, 0.25) is 0 Å². The van der Waals surface area contributed by atoms with Crippen LogP contribution in [0, 0.1) is 5.41 Å². The standard InChI is InChI=1S/C20H28N4O3/c1-20(2,3)8-5-9-22-11-14-6-7-16(17(10-14)26-4)27-18-13-23-15(12-24-18)19(21)25/h6-7,10,12-13,22H,5,8-9,11H2,1-4H3,(H2,21,25)/p+1. The molecule has 1 heterocycles. The summed E-state index contributed by atoms with van der Waals surface area (Å²) in [6.07, 6.45) is 5.14. The number of benzene rings is 1. The number of ether oxygens (including phenoxy) is 2. The van der Waals surface area contributed by atoms with E-state index in [4.69, 9.17) is 15.2 Å². The third-order valence-corrected chi connectivity index (χ3v) is 3.98. The van der Waals surface area contributed by atoms with Gasteiger partial charge in [-0.15, -0.1) is 0 Å². The Balaban J connectivity index is 1.94. The highest BCUT2D eigenvalue weighted by Gasteiger charge is 2.13. The molecule has 0 spiro atoms. The Morgan fingerprint density at radius 1 is 1.30 bits per heavy atom. The zero-order valence-corrected chi connectivity index (χ0v) is 16.5. The molecule has 0 bridgehead atoms. The lowest BCUT2D eigenvalue weighted by atomic mass is 9.91. The maximum Gasteiger partial charge on any atom is 0.390 e. The van der Waals surface area contributed by atoms with E-state index in [9.17, 15) is 4.79 Å². The van der Waals surface area contributed by atoms with E-state index in [0.717, 1.165) is 25.1 Å². The monoisotopic (exact) mass is 373 g/mol. The van der Waals surface area contributed by atoms with Gasteiger partial charge in [-0.3, -0.25) is 4.79 Å². The molecule has 0 fully saturated rings. The molecular formula is C20H29N4O3+. The van der Waals surface area contributed by atoms with Crippen molar-refractivity contribution in [3.8, 4) is 17.4 Å². The van der Waals surface area contributed by atoms with Gasteiger partial charge in [0.1, 0.15) is 6.20 Å². The molecular weight excluding hydrogens is 344 g/mol. The van der Waals surface area contributed by atoms with Crippen LogP contribution in [0.15, 0.2) is 30.6 Å². The van der Waals surface area contributed by atoms with Crippen LogP contribution < -0.4 is 25.5 Å². The minimum absolute atomic E-state index is 0.141. The number of carbonyl (C=O) groups is 1. The number of nitrogens with two attached hydrogens (primary N) is 1. The summed E-state index contributed by atoms with van der Waals surface area (Å²) in [7, 11) is 1.60. The number of aromatic amines is 1. The zero-order valence-electron chi connectivity index (χ0n) is 16.5. The third kappa shape index (κ3) is 6.86. The highest BCUT2D eigenvalue weighted by molar-refractivity contribution is 5.90. The average Bonchev–Trinajstić information content (AvgIpc) is 2.62. The van der Waals surface area contributed by atoms with Gasteiger partial charge in [-0.05, 0) is 42.5 Å². The lowest BCUT2D eigenvalue weighted by molar-refractivity contribution is -0.392. The first kappa shape index (κ1) is 20.6. The molecule has 0 saturated carbocycles. The Bertz CT molecular complexity index is 755. The molecule has 4 N–H and O–H groups in total. The molecule has 1 amide bonds. The fourth-order valence-electron chi connectivity index (χ4n) is 2.53. The second-order valence-corrected chi connectivity index (χ2v) is 7.59.